The number of hydrogen-bond donors (Lipinski definition) is 1. The van der Waals surface area contributed by atoms with Crippen LogP contribution in [-0.4, -0.2) is 81.5 Å². The third-order valence-corrected chi connectivity index (χ3v) is 5.10. The maximum Gasteiger partial charge on any atom is 0.472 e. The van der Waals surface area contributed by atoms with E-state index in [0.717, 1.165) is 3.57 Å². The number of rotatable bonds is 13. The Morgan fingerprint density at radius 1 is 1.17 bits per heavy atom. The van der Waals surface area contributed by atoms with Crippen molar-refractivity contribution >= 4 is 42.4 Å². The van der Waals surface area contributed by atoms with Crippen LogP contribution >= 0.6 is 30.4 Å². The van der Waals surface area contributed by atoms with Crippen LogP contribution in [0.15, 0.2) is 24.3 Å². The highest BCUT2D eigenvalue weighted by atomic mass is 127. The highest BCUT2D eigenvalue weighted by Crippen LogP contribution is 2.44. The van der Waals surface area contributed by atoms with Crippen LogP contribution in [0.25, 0.3) is 0 Å². The fraction of sp³-hybridized carbons (Fsp3) is 0.500. The van der Waals surface area contributed by atoms with Crippen molar-refractivity contribution in [2.24, 2.45) is 0 Å². The molecule has 12 heteroatoms. The van der Waals surface area contributed by atoms with E-state index in [4.69, 9.17) is 25.4 Å². The summed E-state index contributed by atoms with van der Waals surface area (Å²) in [4.78, 5) is 32.6. The van der Waals surface area contributed by atoms with Gasteiger partial charge in [0, 0.05) is 3.57 Å². The fourth-order valence-corrected chi connectivity index (χ4v) is 3.06. The topological polar surface area (TPSA) is 118 Å². The maximum atomic E-state index is 12.1. The molecule has 0 bridgehead atoms. The van der Waals surface area contributed by atoms with E-state index >= 15 is 0 Å². The molecular formula is C18H26INO9P+. The van der Waals surface area contributed by atoms with Crippen LogP contribution in [-0.2, 0) is 32.7 Å². The van der Waals surface area contributed by atoms with Gasteiger partial charge < -0.3 is 23.6 Å². The monoisotopic (exact) mass is 558 g/mol. The van der Waals surface area contributed by atoms with Crippen LogP contribution in [0, 0.1) is 10.5 Å². The second-order valence-corrected chi connectivity index (χ2v) is 9.75. The van der Waals surface area contributed by atoms with Crippen molar-refractivity contribution in [2.45, 2.75) is 6.10 Å². The smallest absolute Gasteiger partial charge is 0.472 e. The predicted molar refractivity (Wildman–Crippen MR) is 114 cm³/mol. The van der Waals surface area contributed by atoms with Crippen molar-refractivity contribution in [1.82, 2.24) is 0 Å². The Bertz CT molecular complexity index is 736. The summed E-state index contributed by atoms with van der Waals surface area (Å²) in [6.07, 6.45) is -1.26. The van der Waals surface area contributed by atoms with Crippen molar-refractivity contribution in [2.75, 3.05) is 54.1 Å². The Balaban J connectivity index is 2.53. The lowest BCUT2D eigenvalue weighted by Crippen LogP contribution is -2.37. The molecule has 0 spiro atoms. The Morgan fingerprint density at radius 3 is 2.33 bits per heavy atom. The van der Waals surface area contributed by atoms with Crippen LogP contribution in [0.1, 0.15) is 0 Å². The van der Waals surface area contributed by atoms with E-state index in [0.29, 0.717) is 16.8 Å². The molecule has 2 atom stereocenters. The standard InChI is InChI=1S/C18H25INO9P/c1-14(21)25-11-17(29-30(23,24)28-10-9-20(2,3)4)12-27-18(22)13-26-16-7-5-15(19)6-8-16/h1,5-8,17H,9-13H2,2-4H3/p+1. The minimum atomic E-state index is -4.49. The highest BCUT2D eigenvalue weighted by molar-refractivity contribution is 14.1. The van der Waals surface area contributed by atoms with Crippen molar-refractivity contribution in [1.29, 1.82) is 0 Å². The molecule has 2 unspecified atom stereocenters. The number of likely N-dealkylation sites (N-methyl/N-ethyl adjacent to an activating group) is 1. The van der Waals surface area contributed by atoms with Crippen molar-refractivity contribution < 1.29 is 46.8 Å². The number of nitrogens with zero attached hydrogens (tertiary/aromatic N) is 1. The summed E-state index contributed by atoms with van der Waals surface area (Å²) in [7, 11) is 1.16. The average Bonchev–Trinajstić information content (AvgIpc) is 2.62. The fourth-order valence-electron chi connectivity index (χ4n) is 1.83. The van der Waals surface area contributed by atoms with Crippen LogP contribution < -0.4 is 4.74 Å². The van der Waals surface area contributed by atoms with Crippen LogP contribution in [0.4, 0.5) is 0 Å². The number of hydrogen-bond acceptors (Lipinski definition) is 8. The number of quaternary nitrogens is 1. The van der Waals surface area contributed by atoms with E-state index in [-0.39, 0.29) is 13.2 Å². The maximum absolute atomic E-state index is 12.1. The first-order valence-electron chi connectivity index (χ1n) is 8.79. The number of benzene rings is 1. The molecule has 0 heterocycles. The molecule has 1 aromatic carbocycles. The van der Waals surface area contributed by atoms with Crippen LogP contribution in [0.3, 0.4) is 0 Å². The summed E-state index contributed by atoms with van der Waals surface area (Å²) in [5.41, 5.74) is 0. The van der Waals surface area contributed by atoms with E-state index in [1.54, 1.807) is 12.1 Å². The van der Waals surface area contributed by atoms with E-state index < -0.39 is 39.1 Å². The van der Waals surface area contributed by atoms with E-state index in [2.05, 4.69) is 27.3 Å². The molecule has 30 heavy (non-hydrogen) atoms. The van der Waals surface area contributed by atoms with Crippen molar-refractivity contribution in [3.63, 3.8) is 0 Å². The van der Waals surface area contributed by atoms with E-state index in [1.807, 2.05) is 33.3 Å². The zero-order valence-corrected chi connectivity index (χ0v) is 20.0. The third-order valence-electron chi connectivity index (χ3n) is 3.31. The third kappa shape index (κ3) is 13.1. The zero-order valence-electron chi connectivity index (χ0n) is 17.0. The van der Waals surface area contributed by atoms with Gasteiger partial charge in [0.05, 0.1) is 28.1 Å². The minimum absolute atomic E-state index is 0.0513. The Kier molecular flexibility index (Phi) is 11.2. The quantitative estimate of drug-likeness (QED) is 0.167. The first kappa shape index (κ1) is 26.8. The van der Waals surface area contributed by atoms with Gasteiger partial charge in [-0.1, -0.05) is 0 Å². The van der Waals surface area contributed by atoms with Crippen molar-refractivity contribution in [3.05, 3.63) is 34.8 Å². The van der Waals surface area contributed by atoms with Gasteiger partial charge in [0.1, 0.15) is 38.2 Å². The van der Waals surface area contributed by atoms with E-state index in [9.17, 15) is 19.0 Å². The molecule has 1 rings (SSSR count). The molecule has 1 N–H and O–H groups in total. The molecular weight excluding hydrogens is 532 g/mol. The van der Waals surface area contributed by atoms with Crippen LogP contribution in [0.2, 0.25) is 0 Å². The van der Waals surface area contributed by atoms with Gasteiger partial charge in [-0.2, -0.15) is 0 Å². The molecule has 1 aromatic rings. The minimum Gasteiger partial charge on any atom is -0.482 e. The van der Waals surface area contributed by atoms with E-state index in [1.165, 1.54) is 0 Å². The number of carbonyl (C=O) groups excluding carboxylic acids is 2. The van der Waals surface area contributed by atoms with Gasteiger partial charge in [0.25, 0.3) is 0 Å². The molecule has 0 aliphatic rings. The van der Waals surface area contributed by atoms with Gasteiger partial charge in [-0.05, 0) is 46.9 Å². The number of esters is 2. The first-order chi connectivity index (χ1) is 13.9. The number of carbonyl (C=O) groups is 2. The Hall–Kier alpha value is -1.24. The zero-order chi connectivity index (χ0) is 22.8. The lowest BCUT2D eigenvalue weighted by Gasteiger charge is -2.25. The first-order valence-corrected chi connectivity index (χ1v) is 11.4. The molecule has 10 nitrogen and oxygen atoms in total. The number of halogens is 1. The molecule has 0 amide bonds. The Morgan fingerprint density at radius 2 is 1.77 bits per heavy atom. The molecule has 0 fully saturated rings. The number of phosphoric ester groups is 1. The molecule has 0 saturated carbocycles. The number of phosphoric acid groups is 1. The molecule has 0 aliphatic carbocycles. The second-order valence-electron chi connectivity index (χ2n) is 7.10. The van der Waals surface area contributed by atoms with Crippen molar-refractivity contribution in [3.8, 4) is 5.75 Å². The molecule has 0 aromatic heterocycles. The second kappa shape index (κ2) is 12.6. The number of ether oxygens (including phenoxy) is 3. The normalized spacial score (nSPS) is 14.5. The average molecular weight is 558 g/mol. The molecule has 2 radical (unpaired) electrons. The van der Waals surface area contributed by atoms with Gasteiger partial charge in [-0.3, -0.25) is 13.8 Å². The summed E-state index contributed by atoms with van der Waals surface area (Å²) >= 11 is 2.13. The summed E-state index contributed by atoms with van der Waals surface area (Å²) in [5, 5.41) is 0. The van der Waals surface area contributed by atoms with Gasteiger partial charge in [0.15, 0.2) is 6.61 Å². The van der Waals surface area contributed by atoms with Gasteiger partial charge in [0.2, 0.25) is 0 Å². The van der Waals surface area contributed by atoms with Gasteiger partial charge >= 0.3 is 19.8 Å². The van der Waals surface area contributed by atoms with Crippen LogP contribution in [0.5, 0.6) is 5.75 Å². The van der Waals surface area contributed by atoms with Gasteiger partial charge in [-0.15, -0.1) is 0 Å². The van der Waals surface area contributed by atoms with Gasteiger partial charge in [-0.25, -0.2) is 9.36 Å². The highest BCUT2D eigenvalue weighted by Gasteiger charge is 2.29. The predicted octanol–water partition coefficient (Wildman–Crippen LogP) is 1.68. The summed E-state index contributed by atoms with van der Waals surface area (Å²) in [6, 6.07) is 7.00. The SMILES string of the molecule is [CH]C(=O)OCC(COC(=O)COc1ccc(I)cc1)OP(=O)(O)OCC[N+](C)(C)C. The summed E-state index contributed by atoms with van der Waals surface area (Å²) < 4.78 is 38.3. The largest absolute Gasteiger partial charge is 0.482 e. The summed E-state index contributed by atoms with van der Waals surface area (Å²) in [5.74, 6) is -1.39. The molecule has 0 saturated heterocycles. The Labute approximate surface area is 189 Å². The molecule has 168 valence electrons. The summed E-state index contributed by atoms with van der Waals surface area (Å²) in [6.45, 7) is 3.92. The molecule has 0 aliphatic heterocycles. The lowest BCUT2D eigenvalue weighted by molar-refractivity contribution is -0.870. The lowest BCUT2D eigenvalue weighted by atomic mass is 10.3.